The Morgan fingerprint density at radius 1 is 1.00 bits per heavy atom. The van der Waals surface area contributed by atoms with Crippen LogP contribution in [0, 0.1) is 0 Å². The van der Waals surface area contributed by atoms with Crippen molar-refractivity contribution >= 4 is 35.1 Å². The third-order valence-corrected chi connectivity index (χ3v) is 5.76. The number of fused-ring (bicyclic) bond motifs is 1. The number of carbonyl (C=O) groups is 2. The van der Waals surface area contributed by atoms with Crippen LogP contribution in [0.15, 0.2) is 78.0 Å². The zero-order valence-corrected chi connectivity index (χ0v) is 17.2. The van der Waals surface area contributed by atoms with Gasteiger partial charge in [0.25, 0.3) is 5.91 Å². The monoisotopic (exact) mass is 418 g/mol. The highest BCUT2D eigenvalue weighted by molar-refractivity contribution is 7.99. The highest BCUT2D eigenvalue weighted by atomic mass is 32.2. The molecule has 1 aromatic heterocycles. The molecule has 2 N–H and O–H groups in total. The first-order valence-electron chi connectivity index (χ1n) is 9.79. The van der Waals surface area contributed by atoms with Crippen molar-refractivity contribution in [1.29, 1.82) is 0 Å². The molecule has 0 fully saturated rings. The van der Waals surface area contributed by atoms with Crippen molar-refractivity contribution in [3.05, 3.63) is 84.1 Å². The highest BCUT2D eigenvalue weighted by Gasteiger charge is 2.23. The number of pyridine rings is 1. The summed E-state index contributed by atoms with van der Waals surface area (Å²) in [7, 11) is 0. The number of urea groups is 1. The summed E-state index contributed by atoms with van der Waals surface area (Å²) in [6.07, 6.45) is 2.52. The fraction of sp³-hybridized carbons (Fsp3) is 0.174. The van der Waals surface area contributed by atoms with Gasteiger partial charge in [-0.2, -0.15) is 0 Å². The van der Waals surface area contributed by atoms with Gasteiger partial charge in [0.1, 0.15) is 5.03 Å². The normalized spacial score (nSPS) is 12.7. The molecule has 0 aliphatic carbocycles. The minimum absolute atomic E-state index is 0.128. The fourth-order valence-corrected chi connectivity index (χ4v) is 4.16. The zero-order chi connectivity index (χ0) is 20.8. The number of hydrogen-bond donors (Lipinski definition) is 2. The number of hydrogen-bond acceptors (Lipinski definition) is 4. The minimum atomic E-state index is -0.204. The maximum Gasteiger partial charge on any atom is 0.326 e. The molecule has 3 amide bonds. The van der Waals surface area contributed by atoms with Gasteiger partial charge in [-0.15, -0.1) is 11.8 Å². The molecule has 0 bridgehead atoms. The van der Waals surface area contributed by atoms with E-state index < -0.39 is 0 Å². The van der Waals surface area contributed by atoms with Crippen molar-refractivity contribution in [3.8, 4) is 0 Å². The molecule has 1 aliphatic rings. The van der Waals surface area contributed by atoms with Crippen molar-refractivity contribution in [2.75, 3.05) is 29.1 Å². The summed E-state index contributed by atoms with van der Waals surface area (Å²) in [5, 5.41) is 6.69. The van der Waals surface area contributed by atoms with E-state index in [-0.39, 0.29) is 11.9 Å². The molecule has 7 heteroatoms. The first kappa shape index (κ1) is 20.0. The van der Waals surface area contributed by atoms with Crippen molar-refractivity contribution in [2.45, 2.75) is 11.4 Å². The van der Waals surface area contributed by atoms with Crippen molar-refractivity contribution in [2.24, 2.45) is 0 Å². The lowest BCUT2D eigenvalue weighted by atomic mass is 10.1. The number of aromatic nitrogens is 1. The Balaban J connectivity index is 1.32. The molecule has 0 saturated carbocycles. The van der Waals surface area contributed by atoms with Gasteiger partial charge in [0.15, 0.2) is 0 Å². The van der Waals surface area contributed by atoms with Gasteiger partial charge < -0.3 is 10.6 Å². The Bertz CT molecular complexity index is 1020. The number of rotatable bonds is 5. The van der Waals surface area contributed by atoms with E-state index in [9.17, 15) is 9.59 Å². The van der Waals surface area contributed by atoms with E-state index in [0.29, 0.717) is 24.3 Å². The van der Waals surface area contributed by atoms with Crippen LogP contribution in [0.2, 0.25) is 0 Å². The Labute approximate surface area is 179 Å². The average molecular weight is 419 g/mol. The second kappa shape index (κ2) is 9.45. The molecule has 0 spiro atoms. The van der Waals surface area contributed by atoms with Gasteiger partial charge in [-0.05, 0) is 48.4 Å². The van der Waals surface area contributed by atoms with E-state index in [2.05, 4.69) is 15.6 Å². The van der Waals surface area contributed by atoms with Gasteiger partial charge in [0, 0.05) is 36.3 Å². The zero-order valence-electron chi connectivity index (χ0n) is 16.4. The summed E-state index contributed by atoms with van der Waals surface area (Å²) in [5.41, 5.74) is 3.21. The van der Waals surface area contributed by atoms with Crippen LogP contribution in [0.3, 0.4) is 0 Å². The van der Waals surface area contributed by atoms with Crippen LogP contribution in [0.1, 0.15) is 15.9 Å². The lowest BCUT2D eigenvalue weighted by Gasteiger charge is -2.28. The topological polar surface area (TPSA) is 74.3 Å². The predicted octanol–water partition coefficient (Wildman–Crippen LogP) is 4.20. The molecule has 1 aliphatic heterocycles. The highest BCUT2D eigenvalue weighted by Crippen LogP contribution is 2.32. The van der Waals surface area contributed by atoms with Crippen LogP contribution in [0.4, 0.5) is 16.2 Å². The van der Waals surface area contributed by atoms with Gasteiger partial charge >= 0.3 is 6.03 Å². The molecule has 0 radical (unpaired) electrons. The molecule has 0 atom stereocenters. The van der Waals surface area contributed by atoms with E-state index in [1.54, 1.807) is 47.1 Å². The van der Waals surface area contributed by atoms with Gasteiger partial charge in [-0.1, -0.05) is 30.3 Å². The summed E-state index contributed by atoms with van der Waals surface area (Å²) in [5.74, 6) is 0.677. The second-order valence-electron chi connectivity index (χ2n) is 6.83. The Morgan fingerprint density at radius 3 is 2.60 bits per heavy atom. The lowest BCUT2D eigenvalue weighted by Crippen LogP contribution is -2.38. The van der Waals surface area contributed by atoms with Crippen LogP contribution in [0.25, 0.3) is 0 Å². The van der Waals surface area contributed by atoms with E-state index in [4.69, 9.17) is 0 Å². The molecule has 0 unspecified atom stereocenters. The largest absolute Gasteiger partial charge is 0.352 e. The van der Waals surface area contributed by atoms with Crippen molar-refractivity contribution in [3.63, 3.8) is 0 Å². The second-order valence-corrected chi connectivity index (χ2v) is 7.91. The fourth-order valence-electron chi connectivity index (χ4n) is 3.23. The molecule has 30 heavy (non-hydrogen) atoms. The van der Waals surface area contributed by atoms with E-state index in [1.165, 1.54) is 5.56 Å². The molecule has 2 aromatic carbocycles. The third-order valence-electron chi connectivity index (χ3n) is 4.78. The Morgan fingerprint density at radius 2 is 1.80 bits per heavy atom. The Kier molecular flexibility index (Phi) is 6.29. The summed E-state index contributed by atoms with van der Waals surface area (Å²) in [4.78, 5) is 31.1. The standard InChI is InChI=1S/C23H22N4O2S/c28-21(24-14-12-17-5-2-1-3-6-17)18-8-10-19(11-9-18)26-23(29)27-15-16-30-22-20(27)7-4-13-25-22/h1-11,13H,12,14-16H2,(H,24,28)(H,26,29). The molecule has 6 nitrogen and oxygen atoms in total. The van der Waals surface area contributed by atoms with Gasteiger partial charge in [0.05, 0.1) is 5.69 Å². The summed E-state index contributed by atoms with van der Waals surface area (Å²) in [6, 6.07) is 20.5. The van der Waals surface area contributed by atoms with Crippen molar-refractivity contribution in [1.82, 2.24) is 10.3 Å². The van der Waals surface area contributed by atoms with Gasteiger partial charge in [-0.3, -0.25) is 9.69 Å². The van der Waals surface area contributed by atoms with Gasteiger partial charge in [0.2, 0.25) is 0 Å². The number of nitrogens with zero attached hydrogens (tertiary/aromatic N) is 2. The molecular formula is C23H22N4O2S. The van der Waals surface area contributed by atoms with Gasteiger partial charge in [-0.25, -0.2) is 9.78 Å². The summed E-state index contributed by atoms with van der Waals surface area (Å²) < 4.78 is 0. The molecule has 152 valence electrons. The SMILES string of the molecule is O=C(NCCc1ccccc1)c1ccc(NC(=O)N2CCSc3ncccc32)cc1. The number of thioether (sulfide) groups is 1. The lowest BCUT2D eigenvalue weighted by molar-refractivity contribution is 0.0954. The van der Waals surface area contributed by atoms with Crippen LogP contribution in [-0.4, -0.2) is 35.8 Å². The van der Waals surface area contributed by atoms with Crippen LogP contribution < -0.4 is 15.5 Å². The average Bonchev–Trinajstić information content (AvgIpc) is 2.80. The number of amides is 3. The van der Waals surface area contributed by atoms with Crippen molar-refractivity contribution < 1.29 is 9.59 Å². The third kappa shape index (κ3) is 4.80. The smallest absolute Gasteiger partial charge is 0.326 e. The van der Waals surface area contributed by atoms with E-state index >= 15 is 0 Å². The molecule has 2 heterocycles. The Hall–Kier alpha value is -3.32. The molecule has 0 saturated heterocycles. The molecular weight excluding hydrogens is 396 g/mol. The number of benzene rings is 2. The van der Waals surface area contributed by atoms with Crippen LogP contribution >= 0.6 is 11.8 Å². The summed E-state index contributed by atoms with van der Waals surface area (Å²) in [6.45, 7) is 1.19. The predicted molar refractivity (Wildman–Crippen MR) is 120 cm³/mol. The first-order valence-corrected chi connectivity index (χ1v) is 10.8. The summed E-state index contributed by atoms with van der Waals surface area (Å²) >= 11 is 1.65. The van der Waals surface area contributed by atoms with Crippen LogP contribution in [0.5, 0.6) is 0 Å². The molecule has 4 rings (SSSR count). The maximum atomic E-state index is 12.7. The van der Waals surface area contributed by atoms with Crippen LogP contribution in [-0.2, 0) is 6.42 Å². The maximum absolute atomic E-state index is 12.7. The van der Waals surface area contributed by atoms with E-state index in [0.717, 1.165) is 22.9 Å². The number of anilines is 2. The number of carbonyl (C=O) groups excluding carboxylic acids is 2. The molecule has 3 aromatic rings. The minimum Gasteiger partial charge on any atom is -0.352 e. The first-order chi connectivity index (χ1) is 14.7. The number of nitrogens with one attached hydrogen (secondary N) is 2. The quantitative estimate of drug-likeness (QED) is 0.651. The van der Waals surface area contributed by atoms with E-state index in [1.807, 2.05) is 42.5 Å².